The quantitative estimate of drug-likeness (QED) is 0.763. The molecule has 0 atom stereocenters. The second kappa shape index (κ2) is 4.94. The fourth-order valence-electron chi connectivity index (χ4n) is 1.27. The van der Waals surface area contributed by atoms with Crippen molar-refractivity contribution in [3.8, 4) is 5.75 Å². The lowest BCUT2D eigenvalue weighted by Gasteiger charge is -2.05. The van der Waals surface area contributed by atoms with E-state index in [-0.39, 0.29) is 0 Å². The van der Waals surface area contributed by atoms with E-state index >= 15 is 0 Å². The minimum atomic E-state index is -0.552. The minimum Gasteiger partial charge on any atom is -0.489 e. The molecule has 0 amide bonds. The largest absolute Gasteiger partial charge is 0.489 e. The molecule has 0 saturated heterocycles. The molecule has 82 valence electrons. The Morgan fingerprint density at radius 1 is 1.25 bits per heavy atom. The van der Waals surface area contributed by atoms with Crippen molar-refractivity contribution in [1.82, 2.24) is 4.98 Å². The van der Waals surface area contributed by atoms with E-state index in [1.165, 1.54) is 12.3 Å². The van der Waals surface area contributed by atoms with Gasteiger partial charge in [0, 0.05) is 17.3 Å². The molecule has 2 aromatic rings. The predicted octanol–water partition coefficient (Wildman–Crippen LogP) is 3.45. The number of nitrogens with zero attached hydrogens (tertiary/aromatic N) is 1. The molecular weight excluding hydrogens is 229 g/mol. The Kier molecular flexibility index (Phi) is 3.37. The lowest BCUT2D eigenvalue weighted by Crippen LogP contribution is -1.96. The first-order valence-electron chi connectivity index (χ1n) is 4.73. The van der Waals surface area contributed by atoms with Crippen molar-refractivity contribution in [3.05, 3.63) is 59.1 Å². The lowest BCUT2D eigenvalue weighted by molar-refractivity contribution is 0.303. The molecule has 4 heteroatoms. The number of pyridine rings is 1. The topological polar surface area (TPSA) is 22.1 Å². The van der Waals surface area contributed by atoms with Crippen molar-refractivity contribution in [2.75, 3.05) is 0 Å². The fraction of sp³-hybridized carbons (Fsp3) is 0.0833. The molecule has 0 fully saturated rings. The van der Waals surface area contributed by atoms with Gasteiger partial charge in [-0.25, -0.2) is 4.98 Å². The summed E-state index contributed by atoms with van der Waals surface area (Å²) in [7, 11) is 0. The summed E-state index contributed by atoms with van der Waals surface area (Å²) in [6.07, 6.45) is 1.36. The second-order valence-corrected chi connectivity index (χ2v) is 3.67. The van der Waals surface area contributed by atoms with Crippen LogP contribution in [-0.2, 0) is 6.61 Å². The summed E-state index contributed by atoms with van der Waals surface area (Å²) in [4.78, 5) is 3.44. The first kappa shape index (κ1) is 10.9. The monoisotopic (exact) mass is 237 g/mol. The number of rotatable bonds is 3. The van der Waals surface area contributed by atoms with Crippen molar-refractivity contribution in [1.29, 1.82) is 0 Å². The maximum absolute atomic E-state index is 12.7. The van der Waals surface area contributed by atoms with E-state index in [1.54, 1.807) is 18.2 Å². The van der Waals surface area contributed by atoms with Gasteiger partial charge in [0.2, 0.25) is 5.95 Å². The van der Waals surface area contributed by atoms with Crippen molar-refractivity contribution in [2.24, 2.45) is 0 Å². The molecule has 0 radical (unpaired) electrons. The molecule has 1 heterocycles. The average molecular weight is 238 g/mol. The van der Waals surface area contributed by atoms with Crippen LogP contribution < -0.4 is 4.74 Å². The van der Waals surface area contributed by atoms with Gasteiger partial charge >= 0.3 is 0 Å². The Balaban J connectivity index is 2.02. The third-order valence-corrected chi connectivity index (χ3v) is 2.23. The molecule has 0 aliphatic carbocycles. The van der Waals surface area contributed by atoms with Crippen LogP contribution in [-0.4, -0.2) is 4.98 Å². The van der Waals surface area contributed by atoms with E-state index in [4.69, 9.17) is 16.3 Å². The Morgan fingerprint density at radius 3 is 2.88 bits per heavy atom. The number of aromatic nitrogens is 1. The number of benzene rings is 1. The van der Waals surface area contributed by atoms with Gasteiger partial charge in [-0.1, -0.05) is 23.7 Å². The number of halogens is 2. The lowest BCUT2D eigenvalue weighted by atomic mass is 10.2. The van der Waals surface area contributed by atoms with Gasteiger partial charge in [-0.05, 0) is 23.8 Å². The third-order valence-electron chi connectivity index (χ3n) is 1.99. The van der Waals surface area contributed by atoms with Crippen molar-refractivity contribution >= 4 is 11.6 Å². The molecule has 2 rings (SSSR count). The van der Waals surface area contributed by atoms with Crippen molar-refractivity contribution in [3.63, 3.8) is 0 Å². The summed E-state index contributed by atoms with van der Waals surface area (Å²) < 4.78 is 18.1. The number of hydrogen-bond acceptors (Lipinski definition) is 2. The summed E-state index contributed by atoms with van der Waals surface area (Å²) in [6, 6.07) is 10.2. The number of ether oxygens (including phenoxy) is 1. The molecule has 0 aliphatic rings. The molecule has 0 bridgehead atoms. The fourth-order valence-corrected chi connectivity index (χ4v) is 1.48. The highest BCUT2D eigenvalue weighted by Gasteiger charge is 1.98. The summed E-state index contributed by atoms with van der Waals surface area (Å²) >= 11 is 5.83. The molecule has 1 aromatic heterocycles. The highest BCUT2D eigenvalue weighted by Crippen LogP contribution is 2.15. The molecule has 1 aromatic carbocycles. The molecule has 2 nitrogen and oxygen atoms in total. The van der Waals surface area contributed by atoms with Crippen molar-refractivity contribution < 1.29 is 9.13 Å². The van der Waals surface area contributed by atoms with Crippen LogP contribution in [0.2, 0.25) is 5.02 Å². The van der Waals surface area contributed by atoms with E-state index in [2.05, 4.69) is 4.98 Å². The van der Waals surface area contributed by atoms with Crippen LogP contribution in [0.3, 0.4) is 0 Å². The summed E-state index contributed by atoms with van der Waals surface area (Å²) in [5.41, 5.74) is 0.935. The standard InChI is InChI=1S/C12H9ClFNO/c13-10-3-1-2-9(6-10)8-16-11-4-5-15-12(14)7-11/h1-7H,8H2. The summed E-state index contributed by atoms with van der Waals surface area (Å²) in [5, 5.41) is 0.655. The van der Waals surface area contributed by atoms with Crippen LogP contribution in [0.1, 0.15) is 5.56 Å². The van der Waals surface area contributed by atoms with Gasteiger partial charge in [-0.15, -0.1) is 0 Å². The van der Waals surface area contributed by atoms with E-state index in [9.17, 15) is 4.39 Å². The average Bonchev–Trinajstić information content (AvgIpc) is 2.27. The normalized spacial score (nSPS) is 10.1. The molecule has 0 unspecified atom stereocenters. The van der Waals surface area contributed by atoms with E-state index < -0.39 is 5.95 Å². The molecular formula is C12H9ClFNO. The van der Waals surface area contributed by atoms with Crippen molar-refractivity contribution in [2.45, 2.75) is 6.61 Å². The summed E-state index contributed by atoms with van der Waals surface area (Å²) in [6.45, 7) is 0.351. The Morgan fingerprint density at radius 2 is 2.12 bits per heavy atom. The predicted molar refractivity (Wildman–Crippen MR) is 60.0 cm³/mol. The first-order valence-corrected chi connectivity index (χ1v) is 5.10. The highest BCUT2D eigenvalue weighted by molar-refractivity contribution is 6.30. The van der Waals surface area contributed by atoms with Crippen LogP contribution in [0.25, 0.3) is 0 Å². The molecule has 0 saturated carbocycles. The third kappa shape index (κ3) is 2.94. The zero-order chi connectivity index (χ0) is 11.4. The van der Waals surface area contributed by atoms with E-state index in [0.29, 0.717) is 17.4 Å². The molecule has 16 heavy (non-hydrogen) atoms. The minimum absolute atomic E-state index is 0.351. The van der Waals surface area contributed by atoms with Crippen LogP contribution in [0.15, 0.2) is 42.6 Å². The van der Waals surface area contributed by atoms with E-state index in [1.807, 2.05) is 12.1 Å². The Hall–Kier alpha value is -1.61. The second-order valence-electron chi connectivity index (χ2n) is 3.23. The highest BCUT2D eigenvalue weighted by atomic mass is 35.5. The van der Waals surface area contributed by atoms with E-state index in [0.717, 1.165) is 5.56 Å². The van der Waals surface area contributed by atoms with Gasteiger partial charge in [-0.3, -0.25) is 0 Å². The Labute approximate surface area is 97.7 Å². The molecule has 0 spiro atoms. The Bertz CT molecular complexity index is 444. The smallest absolute Gasteiger partial charge is 0.216 e. The van der Waals surface area contributed by atoms with Gasteiger partial charge in [0.1, 0.15) is 12.4 Å². The zero-order valence-corrected chi connectivity index (χ0v) is 9.12. The van der Waals surface area contributed by atoms with Crippen LogP contribution in [0, 0.1) is 5.95 Å². The van der Waals surface area contributed by atoms with Gasteiger partial charge in [0.15, 0.2) is 0 Å². The van der Waals surface area contributed by atoms with Crippen LogP contribution in [0.4, 0.5) is 4.39 Å². The maximum atomic E-state index is 12.7. The SMILES string of the molecule is Fc1cc(OCc2cccc(Cl)c2)ccn1. The number of hydrogen-bond donors (Lipinski definition) is 0. The molecule has 0 aliphatic heterocycles. The van der Waals surface area contributed by atoms with Gasteiger partial charge in [-0.2, -0.15) is 4.39 Å². The van der Waals surface area contributed by atoms with Crippen LogP contribution >= 0.6 is 11.6 Å². The maximum Gasteiger partial charge on any atom is 0.216 e. The van der Waals surface area contributed by atoms with Gasteiger partial charge in [0.25, 0.3) is 0 Å². The van der Waals surface area contributed by atoms with Crippen LogP contribution in [0.5, 0.6) is 5.75 Å². The molecule has 0 N–H and O–H groups in total. The first-order chi connectivity index (χ1) is 7.74. The zero-order valence-electron chi connectivity index (χ0n) is 8.36. The van der Waals surface area contributed by atoms with Gasteiger partial charge < -0.3 is 4.74 Å². The van der Waals surface area contributed by atoms with Gasteiger partial charge in [0.05, 0.1) is 0 Å². The summed E-state index contributed by atoms with van der Waals surface area (Å²) in [5.74, 6) is -0.101.